The van der Waals surface area contributed by atoms with E-state index in [0.29, 0.717) is 6.61 Å². The summed E-state index contributed by atoms with van der Waals surface area (Å²) in [5, 5.41) is 9.65. The fraction of sp³-hybridized carbons (Fsp3) is 0.182. The molecule has 0 atom stereocenters. The van der Waals surface area contributed by atoms with Crippen molar-refractivity contribution >= 4 is 26.8 Å². The summed E-state index contributed by atoms with van der Waals surface area (Å²) in [6, 6.07) is 7.61. The second-order valence-electron chi connectivity index (χ2n) is 3.04. The molecule has 78 valence electrons. The molecule has 3 nitrogen and oxygen atoms in total. The van der Waals surface area contributed by atoms with Crippen LogP contribution in [-0.2, 0) is 0 Å². The molecule has 0 saturated heterocycles. The number of halogens is 1. The molecule has 0 fully saturated rings. The Morgan fingerprint density at radius 2 is 2.20 bits per heavy atom. The third-order valence-electron chi connectivity index (χ3n) is 2.01. The monoisotopic (exact) mass is 267 g/mol. The van der Waals surface area contributed by atoms with E-state index >= 15 is 0 Å². The van der Waals surface area contributed by atoms with E-state index in [1.165, 1.54) is 0 Å². The first kappa shape index (κ1) is 10.4. The minimum Gasteiger partial charge on any atom is -0.490 e. The van der Waals surface area contributed by atoms with Crippen LogP contribution in [0, 0.1) is 0 Å². The molecule has 2 rings (SSSR count). The molecule has 0 aliphatic rings. The summed E-state index contributed by atoms with van der Waals surface area (Å²) in [5.41, 5.74) is 0.875. The number of hydrogen-bond acceptors (Lipinski definition) is 3. The van der Waals surface area contributed by atoms with E-state index in [0.717, 1.165) is 21.1 Å². The number of ether oxygens (including phenoxy) is 1. The van der Waals surface area contributed by atoms with E-state index in [-0.39, 0.29) is 6.61 Å². The van der Waals surface area contributed by atoms with Gasteiger partial charge in [0.1, 0.15) is 12.4 Å². The van der Waals surface area contributed by atoms with Gasteiger partial charge in [-0.25, -0.2) is 0 Å². The van der Waals surface area contributed by atoms with Gasteiger partial charge in [0, 0.05) is 16.1 Å². The lowest BCUT2D eigenvalue weighted by Crippen LogP contribution is -2.02. The zero-order valence-corrected chi connectivity index (χ0v) is 9.57. The molecule has 15 heavy (non-hydrogen) atoms. The lowest BCUT2D eigenvalue weighted by molar-refractivity contribution is 0.203. The number of hydrogen-bond donors (Lipinski definition) is 1. The number of aliphatic hydroxyl groups is 1. The lowest BCUT2D eigenvalue weighted by atomic mass is 10.2. The lowest BCUT2D eigenvalue weighted by Gasteiger charge is -2.07. The summed E-state index contributed by atoms with van der Waals surface area (Å²) in [6.07, 6.45) is 1.70. The van der Waals surface area contributed by atoms with Crippen LogP contribution in [0.25, 0.3) is 10.9 Å². The fourth-order valence-electron chi connectivity index (χ4n) is 1.38. The summed E-state index contributed by atoms with van der Waals surface area (Å²) < 4.78 is 6.39. The van der Waals surface area contributed by atoms with Crippen LogP contribution >= 0.6 is 15.9 Å². The highest BCUT2D eigenvalue weighted by Crippen LogP contribution is 2.26. The van der Waals surface area contributed by atoms with Crippen LogP contribution in [0.1, 0.15) is 0 Å². The quantitative estimate of drug-likeness (QED) is 0.929. The molecular weight excluding hydrogens is 258 g/mol. The van der Waals surface area contributed by atoms with Gasteiger partial charge in [0.2, 0.25) is 0 Å². The van der Waals surface area contributed by atoms with Crippen molar-refractivity contribution in [3.63, 3.8) is 0 Å². The Balaban J connectivity index is 2.46. The van der Waals surface area contributed by atoms with E-state index in [9.17, 15) is 0 Å². The number of benzene rings is 1. The molecule has 0 spiro atoms. The average Bonchev–Trinajstić information content (AvgIpc) is 2.25. The number of aliphatic hydroxyl groups excluding tert-OH is 1. The van der Waals surface area contributed by atoms with Gasteiger partial charge in [0.15, 0.2) is 0 Å². The first-order valence-corrected chi connectivity index (χ1v) is 5.38. The number of nitrogens with zero attached hydrogens (tertiary/aromatic N) is 1. The molecule has 0 aliphatic heterocycles. The van der Waals surface area contributed by atoms with E-state index in [1.54, 1.807) is 12.3 Å². The van der Waals surface area contributed by atoms with Crippen LogP contribution in [0.5, 0.6) is 5.75 Å². The number of aromatic nitrogens is 1. The Hall–Kier alpha value is -1.13. The first-order valence-electron chi connectivity index (χ1n) is 4.59. The second kappa shape index (κ2) is 4.59. The molecule has 0 unspecified atom stereocenters. The van der Waals surface area contributed by atoms with Gasteiger partial charge in [-0.05, 0) is 24.3 Å². The van der Waals surface area contributed by atoms with Gasteiger partial charge >= 0.3 is 0 Å². The largest absolute Gasteiger partial charge is 0.490 e. The number of rotatable bonds is 3. The molecule has 0 amide bonds. The Labute approximate surface area is 95.8 Å². The van der Waals surface area contributed by atoms with Gasteiger partial charge in [-0.3, -0.25) is 4.98 Å². The van der Waals surface area contributed by atoms with E-state index < -0.39 is 0 Å². The molecule has 1 aromatic carbocycles. The zero-order valence-electron chi connectivity index (χ0n) is 7.98. The summed E-state index contributed by atoms with van der Waals surface area (Å²) in [7, 11) is 0. The maximum atomic E-state index is 8.70. The van der Waals surface area contributed by atoms with Crippen LogP contribution in [-0.4, -0.2) is 23.3 Å². The van der Waals surface area contributed by atoms with Gasteiger partial charge in [0.05, 0.1) is 12.1 Å². The Bertz CT molecular complexity index is 473. The summed E-state index contributed by atoms with van der Waals surface area (Å²) >= 11 is 3.39. The molecule has 2 aromatic rings. The second-order valence-corrected chi connectivity index (χ2v) is 3.96. The van der Waals surface area contributed by atoms with Gasteiger partial charge in [0.25, 0.3) is 0 Å². The van der Waals surface area contributed by atoms with Crippen LogP contribution in [0.2, 0.25) is 0 Å². The maximum Gasteiger partial charge on any atom is 0.130 e. The van der Waals surface area contributed by atoms with Crippen molar-refractivity contribution in [2.24, 2.45) is 0 Å². The SMILES string of the molecule is OCCOc1ccnc2cc(Br)ccc12. The minimum absolute atomic E-state index is 0.0142. The molecular formula is C11H10BrNO2. The molecule has 0 bridgehead atoms. The fourth-order valence-corrected chi connectivity index (χ4v) is 1.73. The predicted octanol–water partition coefficient (Wildman–Crippen LogP) is 2.37. The van der Waals surface area contributed by atoms with Gasteiger partial charge in [-0.2, -0.15) is 0 Å². The number of pyridine rings is 1. The number of fused-ring (bicyclic) bond motifs is 1. The normalized spacial score (nSPS) is 10.5. The Morgan fingerprint density at radius 3 is 3.00 bits per heavy atom. The standard InChI is InChI=1S/C11H10BrNO2/c12-8-1-2-9-10(7-8)13-4-3-11(9)15-6-5-14/h1-4,7,14H,5-6H2. The van der Waals surface area contributed by atoms with E-state index in [1.807, 2.05) is 18.2 Å². The van der Waals surface area contributed by atoms with Crippen molar-refractivity contribution in [1.29, 1.82) is 0 Å². The molecule has 1 heterocycles. The van der Waals surface area contributed by atoms with Crippen molar-refractivity contribution < 1.29 is 9.84 Å². The van der Waals surface area contributed by atoms with Crippen LogP contribution in [0.4, 0.5) is 0 Å². The summed E-state index contributed by atoms with van der Waals surface area (Å²) in [6.45, 7) is 0.315. The van der Waals surface area contributed by atoms with Crippen molar-refractivity contribution in [3.05, 3.63) is 34.9 Å². The molecule has 0 radical (unpaired) electrons. The van der Waals surface area contributed by atoms with Gasteiger partial charge in [-0.1, -0.05) is 15.9 Å². The molecule has 1 aromatic heterocycles. The Kier molecular flexibility index (Phi) is 3.18. The van der Waals surface area contributed by atoms with Crippen LogP contribution in [0.3, 0.4) is 0 Å². The van der Waals surface area contributed by atoms with E-state index in [4.69, 9.17) is 9.84 Å². The van der Waals surface area contributed by atoms with Gasteiger partial charge < -0.3 is 9.84 Å². The van der Waals surface area contributed by atoms with Crippen molar-refractivity contribution in [1.82, 2.24) is 4.98 Å². The maximum absolute atomic E-state index is 8.70. The third kappa shape index (κ3) is 2.27. The minimum atomic E-state index is 0.0142. The van der Waals surface area contributed by atoms with Crippen molar-refractivity contribution in [3.8, 4) is 5.75 Å². The zero-order chi connectivity index (χ0) is 10.7. The molecule has 0 aliphatic carbocycles. The van der Waals surface area contributed by atoms with Crippen molar-refractivity contribution in [2.45, 2.75) is 0 Å². The highest BCUT2D eigenvalue weighted by molar-refractivity contribution is 9.10. The molecule has 1 N–H and O–H groups in total. The Morgan fingerprint density at radius 1 is 1.33 bits per heavy atom. The van der Waals surface area contributed by atoms with Gasteiger partial charge in [-0.15, -0.1) is 0 Å². The predicted molar refractivity (Wildman–Crippen MR) is 62.0 cm³/mol. The highest BCUT2D eigenvalue weighted by atomic mass is 79.9. The molecule has 4 heteroatoms. The third-order valence-corrected chi connectivity index (χ3v) is 2.51. The van der Waals surface area contributed by atoms with Crippen LogP contribution in [0.15, 0.2) is 34.9 Å². The summed E-state index contributed by atoms with van der Waals surface area (Å²) in [5.74, 6) is 0.751. The molecule has 0 saturated carbocycles. The topological polar surface area (TPSA) is 42.4 Å². The highest BCUT2D eigenvalue weighted by Gasteiger charge is 2.02. The first-order chi connectivity index (χ1) is 7.31. The van der Waals surface area contributed by atoms with Crippen molar-refractivity contribution in [2.75, 3.05) is 13.2 Å². The summed E-state index contributed by atoms with van der Waals surface area (Å²) in [4.78, 5) is 4.24. The average molecular weight is 268 g/mol. The van der Waals surface area contributed by atoms with Crippen LogP contribution < -0.4 is 4.74 Å². The smallest absolute Gasteiger partial charge is 0.130 e. The van der Waals surface area contributed by atoms with E-state index in [2.05, 4.69) is 20.9 Å².